The van der Waals surface area contributed by atoms with E-state index in [0.717, 1.165) is 0 Å². The van der Waals surface area contributed by atoms with Crippen molar-refractivity contribution in [2.75, 3.05) is 24.0 Å². The van der Waals surface area contributed by atoms with Crippen molar-refractivity contribution in [3.63, 3.8) is 0 Å². The third-order valence-electron chi connectivity index (χ3n) is 1.59. The first-order valence-electron chi connectivity index (χ1n) is 4.12. The van der Waals surface area contributed by atoms with Gasteiger partial charge in [0, 0.05) is 25.2 Å². The molecule has 0 saturated heterocycles. The van der Waals surface area contributed by atoms with Crippen LogP contribution in [0.15, 0.2) is 24.5 Å². The fraction of sp³-hybridized carbons (Fsp3) is 0.500. The SMILES string of the molecule is CS(=O)(=O)CCCNn1cccc1. The predicted octanol–water partition coefficient (Wildman–Crippen LogP) is 0.466. The second-order valence-electron chi connectivity index (χ2n) is 2.98. The Kier molecular flexibility index (Phi) is 3.36. The van der Waals surface area contributed by atoms with E-state index in [0.29, 0.717) is 13.0 Å². The average Bonchev–Trinajstić information content (AvgIpc) is 2.48. The van der Waals surface area contributed by atoms with Gasteiger partial charge in [-0.2, -0.15) is 0 Å². The molecule has 74 valence electrons. The summed E-state index contributed by atoms with van der Waals surface area (Å²) in [4.78, 5) is 0. The van der Waals surface area contributed by atoms with Crippen molar-refractivity contribution in [3.05, 3.63) is 24.5 Å². The first kappa shape index (κ1) is 10.1. The van der Waals surface area contributed by atoms with Gasteiger partial charge < -0.3 is 5.43 Å². The average molecular weight is 202 g/mol. The van der Waals surface area contributed by atoms with Gasteiger partial charge in [-0.3, -0.25) is 4.68 Å². The molecule has 0 aliphatic carbocycles. The zero-order valence-electron chi connectivity index (χ0n) is 7.60. The summed E-state index contributed by atoms with van der Waals surface area (Å²) in [6.07, 6.45) is 5.64. The standard InChI is InChI=1S/C8H14N2O2S/c1-13(11,12)8-4-5-9-10-6-2-3-7-10/h2-3,6-7,9H,4-5,8H2,1H3. The minimum absolute atomic E-state index is 0.237. The van der Waals surface area contributed by atoms with Crippen LogP contribution >= 0.6 is 0 Å². The van der Waals surface area contributed by atoms with Crippen LogP contribution in [0.4, 0.5) is 0 Å². The molecule has 0 saturated carbocycles. The molecule has 5 heteroatoms. The molecule has 0 radical (unpaired) electrons. The van der Waals surface area contributed by atoms with E-state index < -0.39 is 9.84 Å². The van der Waals surface area contributed by atoms with Crippen LogP contribution in [0.3, 0.4) is 0 Å². The molecule has 0 unspecified atom stereocenters. The molecule has 0 aliphatic heterocycles. The third kappa shape index (κ3) is 4.57. The highest BCUT2D eigenvalue weighted by molar-refractivity contribution is 7.90. The van der Waals surface area contributed by atoms with E-state index in [1.54, 1.807) is 0 Å². The van der Waals surface area contributed by atoms with Gasteiger partial charge in [0.25, 0.3) is 0 Å². The molecule has 0 aromatic carbocycles. The second kappa shape index (κ2) is 4.32. The summed E-state index contributed by atoms with van der Waals surface area (Å²) in [5, 5.41) is 0. The first-order valence-corrected chi connectivity index (χ1v) is 6.18. The van der Waals surface area contributed by atoms with Crippen molar-refractivity contribution in [2.45, 2.75) is 6.42 Å². The summed E-state index contributed by atoms with van der Waals surface area (Å²) in [6.45, 7) is 0.668. The summed E-state index contributed by atoms with van der Waals surface area (Å²) < 4.78 is 23.3. The van der Waals surface area contributed by atoms with Crippen molar-refractivity contribution in [2.24, 2.45) is 0 Å². The van der Waals surface area contributed by atoms with E-state index in [1.165, 1.54) is 6.26 Å². The molecule has 1 rings (SSSR count). The van der Waals surface area contributed by atoms with Crippen LogP contribution in [-0.2, 0) is 9.84 Å². The maximum Gasteiger partial charge on any atom is 0.147 e. The number of nitrogens with one attached hydrogen (secondary N) is 1. The number of hydrogen-bond donors (Lipinski definition) is 1. The lowest BCUT2D eigenvalue weighted by molar-refractivity contribution is 0.599. The number of aromatic nitrogens is 1. The van der Waals surface area contributed by atoms with E-state index >= 15 is 0 Å². The lowest BCUT2D eigenvalue weighted by Crippen LogP contribution is -2.16. The summed E-state index contributed by atoms with van der Waals surface area (Å²) >= 11 is 0. The lowest BCUT2D eigenvalue weighted by Gasteiger charge is -2.05. The number of nitrogens with zero attached hydrogens (tertiary/aromatic N) is 1. The van der Waals surface area contributed by atoms with Crippen molar-refractivity contribution >= 4 is 9.84 Å². The fourth-order valence-corrected chi connectivity index (χ4v) is 1.65. The van der Waals surface area contributed by atoms with Gasteiger partial charge in [-0.05, 0) is 18.6 Å². The summed E-state index contributed by atoms with van der Waals surface area (Å²) in [6, 6.07) is 3.81. The molecule has 1 aromatic rings. The van der Waals surface area contributed by atoms with E-state index in [4.69, 9.17) is 0 Å². The van der Waals surface area contributed by atoms with E-state index in [1.807, 2.05) is 29.2 Å². The predicted molar refractivity (Wildman–Crippen MR) is 53.0 cm³/mol. The van der Waals surface area contributed by atoms with E-state index in [9.17, 15) is 8.42 Å². The van der Waals surface area contributed by atoms with Gasteiger partial charge in [-0.15, -0.1) is 0 Å². The van der Waals surface area contributed by atoms with Gasteiger partial charge >= 0.3 is 0 Å². The fourth-order valence-electron chi connectivity index (χ4n) is 0.982. The Morgan fingerprint density at radius 3 is 2.46 bits per heavy atom. The Morgan fingerprint density at radius 1 is 1.31 bits per heavy atom. The lowest BCUT2D eigenvalue weighted by atomic mass is 10.5. The van der Waals surface area contributed by atoms with Crippen LogP contribution in [0, 0.1) is 0 Å². The minimum atomic E-state index is -2.81. The van der Waals surface area contributed by atoms with Gasteiger partial charge in [-0.1, -0.05) is 0 Å². The van der Waals surface area contributed by atoms with Crippen molar-refractivity contribution < 1.29 is 8.42 Å². The van der Waals surface area contributed by atoms with Crippen LogP contribution in [0.5, 0.6) is 0 Å². The summed E-state index contributed by atoms with van der Waals surface area (Å²) in [5.74, 6) is 0.237. The molecule has 13 heavy (non-hydrogen) atoms. The molecule has 1 N–H and O–H groups in total. The van der Waals surface area contributed by atoms with Crippen LogP contribution in [-0.4, -0.2) is 31.6 Å². The Balaban J connectivity index is 2.16. The van der Waals surface area contributed by atoms with Crippen LogP contribution < -0.4 is 5.43 Å². The maximum atomic E-state index is 10.8. The van der Waals surface area contributed by atoms with Crippen LogP contribution in [0.2, 0.25) is 0 Å². The third-order valence-corrected chi connectivity index (χ3v) is 2.62. The normalized spacial score (nSPS) is 11.5. The van der Waals surface area contributed by atoms with Crippen LogP contribution in [0.1, 0.15) is 6.42 Å². The number of sulfone groups is 1. The number of hydrogen-bond acceptors (Lipinski definition) is 3. The molecule has 0 atom stereocenters. The summed E-state index contributed by atoms with van der Waals surface area (Å²) in [5.41, 5.74) is 3.05. The molecule has 1 heterocycles. The molecule has 0 spiro atoms. The largest absolute Gasteiger partial charge is 0.326 e. The molecule has 4 nitrogen and oxygen atoms in total. The van der Waals surface area contributed by atoms with E-state index in [-0.39, 0.29) is 5.75 Å². The highest BCUT2D eigenvalue weighted by Crippen LogP contribution is 1.89. The van der Waals surface area contributed by atoms with Gasteiger partial charge in [0.05, 0.1) is 5.75 Å². The topological polar surface area (TPSA) is 51.1 Å². The van der Waals surface area contributed by atoms with Crippen LogP contribution in [0.25, 0.3) is 0 Å². The summed E-state index contributed by atoms with van der Waals surface area (Å²) in [7, 11) is -2.81. The Hall–Kier alpha value is -0.970. The Labute approximate surface area is 78.5 Å². The quantitative estimate of drug-likeness (QED) is 0.706. The second-order valence-corrected chi connectivity index (χ2v) is 5.24. The molecule has 1 aromatic heterocycles. The van der Waals surface area contributed by atoms with E-state index in [2.05, 4.69) is 5.43 Å². The van der Waals surface area contributed by atoms with Crippen molar-refractivity contribution in [1.29, 1.82) is 0 Å². The van der Waals surface area contributed by atoms with Crippen molar-refractivity contribution in [3.8, 4) is 0 Å². The molecular weight excluding hydrogens is 188 g/mol. The van der Waals surface area contributed by atoms with Gasteiger partial charge in [0.15, 0.2) is 0 Å². The zero-order valence-corrected chi connectivity index (χ0v) is 8.42. The molecule has 0 amide bonds. The molecule has 0 aliphatic rings. The molecule has 0 fully saturated rings. The molecular formula is C8H14N2O2S. The van der Waals surface area contributed by atoms with Crippen molar-refractivity contribution in [1.82, 2.24) is 4.68 Å². The highest BCUT2D eigenvalue weighted by atomic mass is 32.2. The highest BCUT2D eigenvalue weighted by Gasteiger charge is 2.00. The van der Waals surface area contributed by atoms with Gasteiger partial charge in [-0.25, -0.2) is 8.42 Å². The van der Waals surface area contributed by atoms with Gasteiger partial charge in [0.2, 0.25) is 0 Å². The first-order chi connectivity index (χ1) is 6.08. The Morgan fingerprint density at radius 2 is 1.92 bits per heavy atom. The maximum absolute atomic E-state index is 10.8. The zero-order chi connectivity index (χ0) is 9.73. The van der Waals surface area contributed by atoms with Gasteiger partial charge in [0.1, 0.15) is 9.84 Å². The molecule has 0 bridgehead atoms. The Bertz CT molecular complexity index is 329. The smallest absolute Gasteiger partial charge is 0.147 e. The monoisotopic (exact) mass is 202 g/mol. The number of rotatable bonds is 5. The minimum Gasteiger partial charge on any atom is -0.326 e.